The largest absolute Gasteiger partial charge is 0.472 e. The Kier molecular flexibility index (Phi) is 47.2. The molecule has 0 radical (unpaired) electrons. The van der Waals surface area contributed by atoms with Crippen molar-refractivity contribution in [2.75, 3.05) is 40.9 Å². The third-order valence-electron chi connectivity index (χ3n) is 12.1. The number of nitrogens with zero attached hydrogens (tertiary/aromatic N) is 1. The van der Waals surface area contributed by atoms with Crippen LogP contribution in [0, 0.1) is 0 Å². The summed E-state index contributed by atoms with van der Waals surface area (Å²) in [5, 5.41) is 3.03. The fourth-order valence-corrected chi connectivity index (χ4v) is 8.48. The first-order valence-corrected chi connectivity index (χ1v) is 29.8. The van der Waals surface area contributed by atoms with E-state index in [0.29, 0.717) is 23.9 Å². The molecular formula is C59H108N2O7P+. The Morgan fingerprint density at radius 3 is 1.43 bits per heavy atom. The zero-order chi connectivity index (χ0) is 50.8. The van der Waals surface area contributed by atoms with Crippen molar-refractivity contribution in [3.05, 3.63) is 72.9 Å². The van der Waals surface area contributed by atoms with Gasteiger partial charge in [0.2, 0.25) is 5.91 Å². The number of phosphoric acid groups is 1. The smallest absolute Gasteiger partial charge is 0.456 e. The van der Waals surface area contributed by atoms with Crippen LogP contribution in [0.2, 0.25) is 0 Å². The van der Waals surface area contributed by atoms with E-state index in [4.69, 9.17) is 13.8 Å². The number of amides is 1. The Balaban J connectivity index is 5.43. The van der Waals surface area contributed by atoms with Gasteiger partial charge in [-0.2, -0.15) is 0 Å². The lowest BCUT2D eigenvalue weighted by molar-refractivity contribution is -0.870. The molecule has 1 amide bonds. The summed E-state index contributed by atoms with van der Waals surface area (Å²) in [6, 6.07) is -0.867. The van der Waals surface area contributed by atoms with Crippen LogP contribution in [0.5, 0.6) is 0 Å². The number of carbonyl (C=O) groups is 2. The van der Waals surface area contributed by atoms with Crippen molar-refractivity contribution < 1.29 is 37.3 Å². The van der Waals surface area contributed by atoms with Crippen LogP contribution in [0.4, 0.5) is 0 Å². The lowest BCUT2D eigenvalue weighted by Crippen LogP contribution is -2.47. The third kappa shape index (κ3) is 50.2. The highest BCUT2D eigenvalue weighted by molar-refractivity contribution is 7.47. The van der Waals surface area contributed by atoms with Gasteiger partial charge in [-0.05, 0) is 96.0 Å². The molecule has 0 aromatic carbocycles. The molecule has 0 aliphatic rings. The zero-order valence-electron chi connectivity index (χ0n) is 45.5. The van der Waals surface area contributed by atoms with Gasteiger partial charge in [0.1, 0.15) is 19.3 Å². The Morgan fingerprint density at radius 2 is 0.928 bits per heavy atom. The molecule has 400 valence electrons. The molecule has 0 saturated heterocycles. The highest BCUT2D eigenvalue weighted by Gasteiger charge is 2.30. The predicted octanol–water partition coefficient (Wildman–Crippen LogP) is 16.9. The van der Waals surface area contributed by atoms with Gasteiger partial charge in [-0.25, -0.2) is 4.57 Å². The molecule has 9 nitrogen and oxygen atoms in total. The molecule has 3 unspecified atom stereocenters. The van der Waals surface area contributed by atoms with Crippen LogP contribution < -0.4 is 5.32 Å². The zero-order valence-corrected chi connectivity index (χ0v) is 46.4. The monoisotopic (exact) mass is 988 g/mol. The van der Waals surface area contributed by atoms with E-state index in [1.54, 1.807) is 0 Å². The number of phosphoric ester groups is 1. The number of likely N-dealkylation sites (N-methyl/N-ethyl adjacent to an activating group) is 1. The van der Waals surface area contributed by atoms with Crippen molar-refractivity contribution in [2.24, 2.45) is 0 Å². The topological polar surface area (TPSA) is 111 Å². The van der Waals surface area contributed by atoms with Crippen LogP contribution in [-0.4, -0.2) is 74.3 Å². The number of esters is 1. The van der Waals surface area contributed by atoms with Gasteiger partial charge in [-0.1, -0.05) is 203 Å². The van der Waals surface area contributed by atoms with Crippen LogP contribution >= 0.6 is 7.82 Å². The number of quaternary nitrogens is 1. The summed E-state index contributed by atoms with van der Waals surface area (Å²) in [5.74, 6) is -0.549. The van der Waals surface area contributed by atoms with Crippen LogP contribution in [0.3, 0.4) is 0 Å². The molecule has 0 rings (SSSR count). The van der Waals surface area contributed by atoms with Crippen molar-refractivity contribution in [1.82, 2.24) is 5.32 Å². The van der Waals surface area contributed by atoms with Gasteiger partial charge in [0.15, 0.2) is 0 Å². The first kappa shape index (κ1) is 66.5. The summed E-state index contributed by atoms with van der Waals surface area (Å²) in [7, 11) is 1.46. The molecular weight excluding hydrogens is 880 g/mol. The molecule has 0 aromatic heterocycles. The van der Waals surface area contributed by atoms with Crippen LogP contribution in [0.1, 0.15) is 239 Å². The van der Waals surface area contributed by atoms with Gasteiger partial charge in [-0.3, -0.25) is 18.6 Å². The lowest BCUT2D eigenvalue weighted by atomic mass is 10.0. The highest BCUT2D eigenvalue weighted by Crippen LogP contribution is 2.43. The highest BCUT2D eigenvalue weighted by atomic mass is 31.2. The SMILES string of the molecule is CC/C=C/C/C=C/C/C=C/C/C=C/CCCCCC(=O)NC(COP(=O)(O)OCC[N+](C)(C)C)C(/C=C/CCCCCCCCCCCC)OC(=O)CCCCCCCCC/C=C\CCCCCC. The Labute approximate surface area is 425 Å². The summed E-state index contributed by atoms with van der Waals surface area (Å²) in [6.07, 6.45) is 61.8. The number of ether oxygens (including phenoxy) is 1. The molecule has 0 heterocycles. The summed E-state index contributed by atoms with van der Waals surface area (Å²) < 4.78 is 30.6. The van der Waals surface area contributed by atoms with E-state index in [1.165, 1.54) is 103 Å². The normalized spacial score (nSPS) is 14.4. The second-order valence-corrected chi connectivity index (χ2v) is 21.5. The number of allylic oxidation sites excluding steroid dienone is 11. The number of hydrogen-bond donors (Lipinski definition) is 2. The fourth-order valence-electron chi connectivity index (χ4n) is 7.75. The Hall–Kier alpha value is -2.55. The standard InChI is InChI=1S/C59H107N2O7P/c1-7-10-13-16-19-22-25-28-30-32-33-36-39-42-45-48-51-58(62)60-56(55-67-69(64,65)66-54-53-61(4,5)6)57(50-47-44-41-38-35-27-24-21-18-15-12-9-3)68-59(63)52-49-46-43-40-37-34-31-29-26-23-20-17-14-11-8-2/h10,13,19,22-23,26,28,30,33,36,47,50,56-57H,7-9,11-12,14-18,20-21,24-25,27,29,31-32,34-35,37-46,48-49,51-55H2,1-6H3,(H-,60,62,64,65)/p+1/b13-10+,22-19+,26-23-,30-28+,36-33+,50-47+. The Bertz CT molecular complexity index is 1420. The van der Waals surface area contributed by atoms with Crippen LogP contribution in [0.15, 0.2) is 72.9 Å². The van der Waals surface area contributed by atoms with E-state index in [0.717, 1.165) is 96.3 Å². The van der Waals surface area contributed by atoms with Crippen LogP contribution in [-0.2, 0) is 27.9 Å². The van der Waals surface area contributed by atoms with E-state index in [2.05, 4.69) is 86.8 Å². The fraction of sp³-hybridized carbons (Fsp3) is 0.763. The number of nitrogens with one attached hydrogen (secondary N) is 1. The van der Waals surface area contributed by atoms with E-state index in [9.17, 15) is 19.0 Å². The van der Waals surface area contributed by atoms with E-state index in [-0.39, 0.29) is 31.5 Å². The van der Waals surface area contributed by atoms with Gasteiger partial charge < -0.3 is 19.4 Å². The Morgan fingerprint density at radius 1 is 0.522 bits per heavy atom. The lowest BCUT2D eigenvalue weighted by Gasteiger charge is -2.27. The average Bonchev–Trinajstić information content (AvgIpc) is 3.31. The molecule has 0 aliphatic carbocycles. The van der Waals surface area contributed by atoms with E-state index in [1.807, 2.05) is 33.3 Å². The quantitative estimate of drug-likeness (QED) is 0.0205. The molecule has 0 bridgehead atoms. The van der Waals surface area contributed by atoms with E-state index < -0.39 is 20.0 Å². The molecule has 0 saturated carbocycles. The maximum atomic E-state index is 13.5. The summed E-state index contributed by atoms with van der Waals surface area (Å²) in [5.41, 5.74) is 0. The van der Waals surface area contributed by atoms with Crippen molar-refractivity contribution >= 4 is 19.7 Å². The molecule has 2 N–H and O–H groups in total. The molecule has 0 fully saturated rings. The number of carbonyl (C=O) groups excluding carboxylic acids is 2. The first-order chi connectivity index (χ1) is 33.4. The minimum Gasteiger partial charge on any atom is -0.456 e. The minimum atomic E-state index is -4.45. The molecule has 10 heteroatoms. The van der Waals surface area contributed by atoms with Gasteiger partial charge in [0.05, 0.1) is 33.8 Å². The van der Waals surface area contributed by atoms with Gasteiger partial charge >= 0.3 is 13.8 Å². The second kappa shape index (κ2) is 49.0. The second-order valence-electron chi connectivity index (χ2n) is 20.1. The van der Waals surface area contributed by atoms with Gasteiger partial charge in [0, 0.05) is 12.8 Å². The van der Waals surface area contributed by atoms with E-state index >= 15 is 0 Å². The number of unbranched alkanes of at least 4 members (excludes halogenated alkanes) is 24. The molecule has 3 atom stereocenters. The van der Waals surface area contributed by atoms with Crippen LogP contribution in [0.25, 0.3) is 0 Å². The summed E-state index contributed by atoms with van der Waals surface area (Å²) in [4.78, 5) is 37.5. The molecule has 0 aliphatic heterocycles. The summed E-state index contributed by atoms with van der Waals surface area (Å²) in [6.45, 7) is 6.85. The van der Waals surface area contributed by atoms with Crippen molar-refractivity contribution in [1.29, 1.82) is 0 Å². The number of rotatable bonds is 50. The van der Waals surface area contributed by atoms with Gasteiger partial charge in [0.25, 0.3) is 0 Å². The molecule has 0 aromatic rings. The van der Waals surface area contributed by atoms with Crippen molar-refractivity contribution in [2.45, 2.75) is 251 Å². The first-order valence-electron chi connectivity index (χ1n) is 28.3. The maximum absolute atomic E-state index is 13.5. The van der Waals surface area contributed by atoms with Crippen molar-refractivity contribution in [3.8, 4) is 0 Å². The average molecular weight is 988 g/mol. The summed E-state index contributed by atoms with van der Waals surface area (Å²) >= 11 is 0. The maximum Gasteiger partial charge on any atom is 0.472 e. The van der Waals surface area contributed by atoms with Gasteiger partial charge in [-0.15, -0.1) is 0 Å². The molecule has 0 spiro atoms. The third-order valence-corrected chi connectivity index (χ3v) is 13.1. The predicted molar refractivity (Wildman–Crippen MR) is 295 cm³/mol. The number of hydrogen-bond acceptors (Lipinski definition) is 6. The van der Waals surface area contributed by atoms with Crippen molar-refractivity contribution in [3.63, 3.8) is 0 Å². The minimum absolute atomic E-state index is 0.0307. The molecule has 69 heavy (non-hydrogen) atoms.